The fraction of sp³-hybridized carbons (Fsp3) is 0.700. The lowest BCUT2D eigenvalue weighted by Gasteiger charge is -2.24. The number of ketones is 2. The van der Waals surface area contributed by atoms with Gasteiger partial charge in [0.25, 0.3) is 0 Å². The fourth-order valence-electron chi connectivity index (χ4n) is 1.61. The van der Waals surface area contributed by atoms with Crippen LogP contribution in [0.3, 0.4) is 0 Å². The van der Waals surface area contributed by atoms with Gasteiger partial charge in [-0.15, -0.1) is 0 Å². The molecule has 0 N–H and O–H groups in total. The van der Waals surface area contributed by atoms with Crippen molar-refractivity contribution in [3.8, 4) is 0 Å². The van der Waals surface area contributed by atoms with Crippen molar-refractivity contribution in [2.75, 3.05) is 6.61 Å². The standard InChI is InChI=1S/C10H14O4/c1-3-14-10(13)8-4-7(11)5-9(12)6(8)2/h6,8H,3-5H2,1-2H3. The van der Waals surface area contributed by atoms with E-state index in [1.807, 2.05) is 0 Å². The van der Waals surface area contributed by atoms with E-state index in [1.165, 1.54) is 0 Å². The van der Waals surface area contributed by atoms with Gasteiger partial charge in [-0.3, -0.25) is 14.4 Å². The molecule has 4 heteroatoms. The first-order valence-electron chi connectivity index (χ1n) is 4.77. The minimum absolute atomic E-state index is 0.0307. The van der Waals surface area contributed by atoms with Gasteiger partial charge in [-0.05, 0) is 6.92 Å². The Kier molecular flexibility index (Phi) is 3.38. The zero-order valence-electron chi connectivity index (χ0n) is 8.41. The molecule has 2 unspecified atom stereocenters. The van der Waals surface area contributed by atoms with Crippen LogP contribution < -0.4 is 0 Å². The lowest BCUT2D eigenvalue weighted by Crippen LogP contribution is -2.37. The van der Waals surface area contributed by atoms with E-state index in [0.717, 1.165) is 0 Å². The summed E-state index contributed by atoms with van der Waals surface area (Å²) >= 11 is 0. The van der Waals surface area contributed by atoms with Gasteiger partial charge in [-0.1, -0.05) is 6.92 Å². The Hall–Kier alpha value is -1.19. The minimum atomic E-state index is -0.566. The molecular weight excluding hydrogens is 184 g/mol. The highest BCUT2D eigenvalue weighted by molar-refractivity contribution is 6.05. The van der Waals surface area contributed by atoms with Crippen molar-refractivity contribution < 1.29 is 19.1 Å². The summed E-state index contributed by atoms with van der Waals surface area (Å²) in [4.78, 5) is 33.8. The van der Waals surface area contributed by atoms with Gasteiger partial charge in [0.2, 0.25) is 0 Å². The molecule has 0 aromatic heterocycles. The molecule has 0 amide bonds. The molecule has 1 rings (SSSR count). The van der Waals surface area contributed by atoms with Crippen LogP contribution in [0.1, 0.15) is 26.7 Å². The maximum atomic E-state index is 11.4. The van der Waals surface area contributed by atoms with Crippen molar-refractivity contribution in [2.45, 2.75) is 26.7 Å². The van der Waals surface area contributed by atoms with E-state index < -0.39 is 11.9 Å². The first-order chi connectivity index (χ1) is 6.56. The summed E-state index contributed by atoms with van der Waals surface area (Å²) in [5.41, 5.74) is 0. The van der Waals surface area contributed by atoms with Crippen LogP contribution in [0.4, 0.5) is 0 Å². The molecule has 14 heavy (non-hydrogen) atoms. The Morgan fingerprint density at radius 3 is 2.71 bits per heavy atom. The summed E-state index contributed by atoms with van der Waals surface area (Å²) < 4.78 is 4.81. The smallest absolute Gasteiger partial charge is 0.310 e. The summed E-state index contributed by atoms with van der Waals surface area (Å²) in [7, 11) is 0. The number of esters is 1. The van der Waals surface area contributed by atoms with Crippen LogP contribution in [-0.2, 0) is 19.1 Å². The molecule has 0 aliphatic heterocycles. The summed E-state index contributed by atoms with van der Waals surface area (Å²) in [6.07, 6.45) is 0.114. The maximum Gasteiger partial charge on any atom is 0.310 e. The van der Waals surface area contributed by atoms with Crippen molar-refractivity contribution in [3.63, 3.8) is 0 Å². The van der Waals surface area contributed by atoms with E-state index in [0.29, 0.717) is 0 Å². The molecule has 0 aromatic carbocycles. The Morgan fingerprint density at radius 1 is 1.50 bits per heavy atom. The third-order valence-electron chi connectivity index (χ3n) is 2.52. The molecule has 78 valence electrons. The van der Waals surface area contributed by atoms with Gasteiger partial charge in [-0.2, -0.15) is 0 Å². The second-order valence-electron chi connectivity index (χ2n) is 3.53. The molecule has 1 aliphatic carbocycles. The van der Waals surface area contributed by atoms with Crippen LogP contribution in [0.25, 0.3) is 0 Å². The second kappa shape index (κ2) is 4.35. The van der Waals surface area contributed by atoms with Crippen LogP contribution in [0.15, 0.2) is 0 Å². The van der Waals surface area contributed by atoms with E-state index in [1.54, 1.807) is 13.8 Å². The van der Waals surface area contributed by atoms with Crippen molar-refractivity contribution in [1.82, 2.24) is 0 Å². The molecule has 1 aliphatic rings. The topological polar surface area (TPSA) is 60.4 Å². The Morgan fingerprint density at radius 2 is 2.14 bits per heavy atom. The minimum Gasteiger partial charge on any atom is -0.466 e. The predicted octanol–water partition coefficient (Wildman–Crippen LogP) is 0.734. The molecular formula is C10H14O4. The summed E-state index contributed by atoms with van der Waals surface area (Å²) in [5.74, 6) is -1.69. The van der Waals surface area contributed by atoms with Gasteiger partial charge in [0.05, 0.1) is 18.9 Å². The lowest BCUT2D eigenvalue weighted by atomic mass is 9.79. The monoisotopic (exact) mass is 198 g/mol. The third kappa shape index (κ3) is 2.19. The van der Waals surface area contributed by atoms with Crippen LogP contribution >= 0.6 is 0 Å². The first kappa shape index (κ1) is 10.9. The predicted molar refractivity (Wildman–Crippen MR) is 48.5 cm³/mol. The second-order valence-corrected chi connectivity index (χ2v) is 3.53. The molecule has 0 aromatic rings. The normalized spacial score (nSPS) is 27.6. The fourth-order valence-corrected chi connectivity index (χ4v) is 1.61. The van der Waals surface area contributed by atoms with Crippen molar-refractivity contribution >= 4 is 17.5 Å². The zero-order valence-corrected chi connectivity index (χ0v) is 8.41. The number of hydrogen-bond acceptors (Lipinski definition) is 4. The van der Waals surface area contributed by atoms with Crippen molar-refractivity contribution in [3.05, 3.63) is 0 Å². The Balaban J connectivity index is 2.71. The van der Waals surface area contributed by atoms with Crippen LogP contribution in [0.5, 0.6) is 0 Å². The molecule has 1 fully saturated rings. The zero-order chi connectivity index (χ0) is 10.7. The molecule has 0 heterocycles. The van der Waals surface area contributed by atoms with Gasteiger partial charge >= 0.3 is 5.97 Å². The van der Waals surface area contributed by atoms with E-state index in [-0.39, 0.29) is 36.9 Å². The Labute approximate surface area is 82.6 Å². The van der Waals surface area contributed by atoms with Crippen LogP contribution in [0.2, 0.25) is 0 Å². The number of ether oxygens (including phenoxy) is 1. The SMILES string of the molecule is CCOC(=O)C1CC(=O)CC(=O)C1C. The van der Waals surface area contributed by atoms with Crippen LogP contribution in [-0.4, -0.2) is 24.1 Å². The van der Waals surface area contributed by atoms with Crippen LogP contribution in [0, 0.1) is 11.8 Å². The van der Waals surface area contributed by atoms with Crippen molar-refractivity contribution in [1.29, 1.82) is 0 Å². The number of carbonyl (C=O) groups is 3. The van der Waals surface area contributed by atoms with Gasteiger partial charge in [0.1, 0.15) is 11.6 Å². The van der Waals surface area contributed by atoms with Gasteiger partial charge < -0.3 is 4.74 Å². The van der Waals surface area contributed by atoms with Gasteiger partial charge in [0.15, 0.2) is 0 Å². The maximum absolute atomic E-state index is 11.4. The first-order valence-corrected chi connectivity index (χ1v) is 4.77. The molecule has 2 atom stereocenters. The van der Waals surface area contributed by atoms with E-state index in [2.05, 4.69) is 0 Å². The summed E-state index contributed by atoms with van der Waals surface area (Å²) in [6.45, 7) is 3.66. The summed E-state index contributed by atoms with van der Waals surface area (Å²) in [5, 5.41) is 0. The van der Waals surface area contributed by atoms with Crippen molar-refractivity contribution in [2.24, 2.45) is 11.8 Å². The van der Waals surface area contributed by atoms with E-state index >= 15 is 0 Å². The third-order valence-corrected chi connectivity index (χ3v) is 2.52. The largest absolute Gasteiger partial charge is 0.466 e. The highest BCUT2D eigenvalue weighted by Gasteiger charge is 2.37. The molecule has 1 saturated carbocycles. The summed E-state index contributed by atoms with van der Waals surface area (Å²) in [6, 6.07) is 0. The van der Waals surface area contributed by atoms with E-state index in [4.69, 9.17) is 4.74 Å². The molecule has 0 saturated heterocycles. The number of Topliss-reactive ketones (excluding diaryl/α,β-unsaturated/α-hetero) is 2. The lowest BCUT2D eigenvalue weighted by molar-refractivity contribution is -0.156. The molecule has 0 radical (unpaired) electrons. The van der Waals surface area contributed by atoms with E-state index in [9.17, 15) is 14.4 Å². The highest BCUT2D eigenvalue weighted by Crippen LogP contribution is 2.26. The molecule has 4 nitrogen and oxygen atoms in total. The number of hydrogen-bond donors (Lipinski definition) is 0. The van der Waals surface area contributed by atoms with Gasteiger partial charge in [0, 0.05) is 12.3 Å². The number of carbonyl (C=O) groups excluding carboxylic acids is 3. The molecule has 0 bridgehead atoms. The molecule has 0 spiro atoms. The highest BCUT2D eigenvalue weighted by atomic mass is 16.5. The quantitative estimate of drug-likeness (QED) is 0.485. The average molecular weight is 198 g/mol. The van der Waals surface area contributed by atoms with Gasteiger partial charge in [-0.25, -0.2) is 0 Å². The average Bonchev–Trinajstić information content (AvgIpc) is 2.11. The Bertz CT molecular complexity index is 269. The number of rotatable bonds is 2.